The topological polar surface area (TPSA) is 34.1 Å². The van der Waals surface area contributed by atoms with E-state index >= 15 is 0 Å². The summed E-state index contributed by atoms with van der Waals surface area (Å²) in [4.78, 5) is 4.38. The van der Waals surface area contributed by atoms with E-state index < -0.39 is 0 Å². The molecule has 0 spiro atoms. The summed E-state index contributed by atoms with van der Waals surface area (Å²) in [5, 5.41) is 3.47. The summed E-state index contributed by atoms with van der Waals surface area (Å²) in [6, 6.07) is 3.88. The molecule has 1 heterocycles. The first-order chi connectivity index (χ1) is 8.13. The molecule has 0 fully saturated rings. The van der Waals surface area contributed by atoms with Gasteiger partial charge in [-0.25, -0.2) is 0 Å². The van der Waals surface area contributed by atoms with Gasteiger partial charge in [-0.1, -0.05) is 20.8 Å². The third kappa shape index (κ3) is 5.18. The Hall–Kier alpha value is -1.09. The smallest absolute Gasteiger partial charge is 0.140 e. The lowest BCUT2D eigenvalue weighted by Crippen LogP contribution is -2.26. The number of hydrogen-bond acceptors (Lipinski definition) is 3. The average Bonchev–Trinajstić information content (AvgIpc) is 2.29. The van der Waals surface area contributed by atoms with Crippen molar-refractivity contribution in [2.45, 2.75) is 27.2 Å². The second kappa shape index (κ2) is 7.28. The van der Waals surface area contributed by atoms with Crippen LogP contribution in [0.15, 0.2) is 18.3 Å². The minimum absolute atomic E-state index is 0.567. The van der Waals surface area contributed by atoms with E-state index in [1.807, 2.05) is 18.3 Å². The van der Waals surface area contributed by atoms with Crippen molar-refractivity contribution >= 4 is 0 Å². The Bertz CT molecular complexity index is 326. The van der Waals surface area contributed by atoms with Crippen LogP contribution >= 0.6 is 0 Å². The Morgan fingerprint density at radius 1 is 1.29 bits per heavy atom. The largest absolute Gasteiger partial charge is 0.495 e. The van der Waals surface area contributed by atoms with Gasteiger partial charge in [-0.05, 0) is 43.5 Å². The summed E-state index contributed by atoms with van der Waals surface area (Å²) < 4.78 is 5.31. The molecule has 0 saturated heterocycles. The highest BCUT2D eigenvalue weighted by Gasteiger charge is 2.09. The number of methoxy groups -OCH3 is 1. The molecule has 0 radical (unpaired) electrons. The van der Waals surface area contributed by atoms with Crippen molar-refractivity contribution in [1.82, 2.24) is 10.3 Å². The maximum atomic E-state index is 5.31. The molecule has 3 heteroatoms. The molecule has 0 aromatic carbocycles. The monoisotopic (exact) mass is 236 g/mol. The van der Waals surface area contributed by atoms with Gasteiger partial charge >= 0.3 is 0 Å². The van der Waals surface area contributed by atoms with E-state index in [0.29, 0.717) is 11.8 Å². The van der Waals surface area contributed by atoms with Gasteiger partial charge in [0.2, 0.25) is 0 Å². The zero-order valence-corrected chi connectivity index (χ0v) is 11.4. The first-order valence-corrected chi connectivity index (χ1v) is 6.32. The molecule has 1 aromatic heterocycles. The Morgan fingerprint density at radius 2 is 2.06 bits per heavy atom. The van der Waals surface area contributed by atoms with Gasteiger partial charge in [0.05, 0.1) is 12.8 Å². The number of hydrogen-bond donors (Lipinski definition) is 1. The van der Waals surface area contributed by atoms with Gasteiger partial charge < -0.3 is 10.1 Å². The van der Waals surface area contributed by atoms with Crippen LogP contribution in [0.3, 0.4) is 0 Å². The number of nitrogens with one attached hydrogen (secondary N) is 1. The number of rotatable bonds is 7. The molecule has 96 valence electrons. The molecule has 1 aromatic rings. The molecule has 1 N–H and O–H groups in total. The van der Waals surface area contributed by atoms with Gasteiger partial charge in [0.25, 0.3) is 0 Å². The van der Waals surface area contributed by atoms with Crippen LogP contribution in [0, 0.1) is 11.8 Å². The third-order valence-corrected chi connectivity index (χ3v) is 2.66. The van der Waals surface area contributed by atoms with Crippen LogP contribution in [-0.2, 0) is 6.42 Å². The van der Waals surface area contributed by atoms with E-state index in [4.69, 9.17) is 4.74 Å². The first-order valence-electron chi connectivity index (χ1n) is 6.32. The highest BCUT2D eigenvalue weighted by Crippen LogP contribution is 2.17. The Morgan fingerprint density at radius 3 is 2.71 bits per heavy atom. The molecular weight excluding hydrogens is 212 g/mol. The quantitative estimate of drug-likeness (QED) is 0.790. The van der Waals surface area contributed by atoms with Crippen LogP contribution < -0.4 is 10.1 Å². The molecule has 0 aliphatic heterocycles. The van der Waals surface area contributed by atoms with Gasteiger partial charge in [0, 0.05) is 6.20 Å². The zero-order valence-electron chi connectivity index (χ0n) is 11.4. The summed E-state index contributed by atoms with van der Waals surface area (Å²) in [5.41, 5.74) is 1.05. The second-order valence-corrected chi connectivity index (χ2v) is 5.01. The predicted octanol–water partition coefficient (Wildman–Crippen LogP) is 2.51. The summed E-state index contributed by atoms with van der Waals surface area (Å²) in [6.45, 7) is 8.78. The standard InChI is InChI=1S/C14H24N2O/c1-11(2)9-15-10-12(3)8-13-14(17-4)6-5-7-16-13/h5-7,11-12,15H,8-10H2,1-4H3. The first kappa shape index (κ1) is 14.0. The van der Waals surface area contributed by atoms with Crippen LogP contribution in [0.2, 0.25) is 0 Å². The highest BCUT2D eigenvalue weighted by molar-refractivity contribution is 5.26. The Kier molecular flexibility index (Phi) is 5.98. The molecular formula is C14H24N2O. The summed E-state index contributed by atoms with van der Waals surface area (Å²) >= 11 is 0. The molecule has 17 heavy (non-hydrogen) atoms. The molecule has 0 bridgehead atoms. The lowest BCUT2D eigenvalue weighted by Gasteiger charge is -2.15. The molecule has 1 atom stereocenters. The van der Waals surface area contributed by atoms with Gasteiger partial charge in [0.15, 0.2) is 0 Å². The summed E-state index contributed by atoms with van der Waals surface area (Å²) in [6.07, 6.45) is 2.78. The van der Waals surface area contributed by atoms with Crippen molar-refractivity contribution < 1.29 is 4.74 Å². The fourth-order valence-corrected chi connectivity index (χ4v) is 1.78. The maximum Gasteiger partial charge on any atom is 0.140 e. The molecule has 1 rings (SSSR count). The third-order valence-electron chi connectivity index (χ3n) is 2.66. The SMILES string of the molecule is COc1cccnc1CC(C)CNCC(C)C. The fourth-order valence-electron chi connectivity index (χ4n) is 1.78. The molecule has 0 aliphatic rings. The van der Waals surface area contributed by atoms with Crippen molar-refractivity contribution in [3.63, 3.8) is 0 Å². The van der Waals surface area contributed by atoms with Crippen molar-refractivity contribution in [1.29, 1.82) is 0 Å². The normalized spacial score (nSPS) is 12.8. The Balaban J connectivity index is 2.41. The number of nitrogens with zero attached hydrogens (tertiary/aromatic N) is 1. The maximum absolute atomic E-state index is 5.31. The number of pyridine rings is 1. The van der Waals surface area contributed by atoms with Crippen molar-refractivity contribution in [2.75, 3.05) is 20.2 Å². The summed E-state index contributed by atoms with van der Waals surface area (Å²) in [7, 11) is 1.70. The van der Waals surface area contributed by atoms with E-state index in [1.54, 1.807) is 7.11 Å². The molecule has 0 amide bonds. The molecule has 3 nitrogen and oxygen atoms in total. The van der Waals surface area contributed by atoms with Gasteiger partial charge in [-0.2, -0.15) is 0 Å². The van der Waals surface area contributed by atoms with Gasteiger partial charge in [-0.3, -0.25) is 4.98 Å². The minimum Gasteiger partial charge on any atom is -0.495 e. The Labute approximate surface area is 105 Å². The van der Waals surface area contributed by atoms with Crippen molar-refractivity contribution in [3.8, 4) is 5.75 Å². The lowest BCUT2D eigenvalue weighted by molar-refractivity contribution is 0.398. The summed E-state index contributed by atoms with van der Waals surface area (Å²) in [5.74, 6) is 2.16. The lowest BCUT2D eigenvalue weighted by atomic mass is 10.0. The second-order valence-electron chi connectivity index (χ2n) is 5.01. The molecule has 0 aliphatic carbocycles. The highest BCUT2D eigenvalue weighted by atomic mass is 16.5. The van der Waals surface area contributed by atoms with Gasteiger partial charge in [-0.15, -0.1) is 0 Å². The van der Waals surface area contributed by atoms with Gasteiger partial charge in [0.1, 0.15) is 5.75 Å². The fraction of sp³-hybridized carbons (Fsp3) is 0.643. The zero-order chi connectivity index (χ0) is 12.7. The predicted molar refractivity (Wildman–Crippen MR) is 71.4 cm³/mol. The van der Waals surface area contributed by atoms with Crippen LogP contribution in [0.25, 0.3) is 0 Å². The van der Waals surface area contributed by atoms with Crippen LogP contribution in [0.1, 0.15) is 26.5 Å². The number of ether oxygens (including phenoxy) is 1. The van der Waals surface area contributed by atoms with Crippen LogP contribution in [-0.4, -0.2) is 25.2 Å². The van der Waals surface area contributed by atoms with Crippen LogP contribution in [0.5, 0.6) is 5.75 Å². The van der Waals surface area contributed by atoms with Crippen molar-refractivity contribution in [2.24, 2.45) is 11.8 Å². The van der Waals surface area contributed by atoms with E-state index in [1.165, 1.54) is 0 Å². The molecule has 1 unspecified atom stereocenters. The molecule has 0 saturated carbocycles. The van der Waals surface area contributed by atoms with Crippen molar-refractivity contribution in [3.05, 3.63) is 24.0 Å². The minimum atomic E-state index is 0.567. The van der Waals surface area contributed by atoms with E-state index in [2.05, 4.69) is 31.1 Å². The van der Waals surface area contributed by atoms with E-state index in [0.717, 1.165) is 31.0 Å². The van der Waals surface area contributed by atoms with E-state index in [9.17, 15) is 0 Å². The average molecular weight is 236 g/mol. The number of aromatic nitrogens is 1. The van der Waals surface area contributed by atoms with E-state index in [-0.39, 0.29) is 0 Å². The van der Waals surface area contributed by atoms with Crippen LogP contribution in [0.4, 0.5) is 0 Å².